The Hall–Kier alpha value is -2.83. The molecule has 0 saturated heterocycles. The maximum Gasteiger partial charge on any atom is 0.243 e. The average Bonchev–Trinajstić information content (AvgIpc) is 3.18. The molecule has 3 rings (SSSR count). The van der Waals surface area contributed by atoms with Crippen LogP contribution in [0.3, 0.4) is 0 Å². The van der Waals surface area contributed by atoms with Crippen molar-refractivity contribution in [3.05, 3.63) is 69.7 Å². The number of anilines is 1. The number of amides is 2. The van der Waals surface area contributed by atoms with Crippen LogP contribution in [-0.4, -0.2) is 35.3 Å². The molecular formula is C23H23Cl2N3O3. The van der Waals surface area contributed by atoms with Gasteiger partial charge in [0, 0.05) is 36.2 Å². The van der Waals surface area contributed by atoms with Crippen molar-refractivity contribution in [3.8, 4) is 11.3 Å². The van der Waals surface area contributed by atoms with Crippen molar-refractivity contribution >= 4 is 40.7 Å². The number of hydrogen-bond acceptors (Lipinski definition) is 4. The lowest BCUT2D eigenvalue weighted by molar-refractivity contribution is -0.133. The first-order valence-electron chi connectivity index (χ1n) is 9.74. The molecule has 0 spiro atoms. The Kier molecular flexibility index (Phi) is 7.36. The highest BCUT2D eigenvalue weighted by Gasteiger charge is 2.16. The van der Waals surface area contributed by atoms with Crippen LogP contribution in [0.1, 0.15) is 23.4 Å². The number of rotatable bonds is 7. The van der Waals surface area contributed by atoms with Gasteiger partial charge in [-0.1, -0.05) is 35.3 Å². The van der Waals surface area contributed by atoms with E-state index in [2.05, 4.69) is 10.3 Å². The van der Waals surface area contributed by atoms with E-state index in [0.717, 1.165) is 16.8 Å². The van der Waals surface area contributed by atoms with Gasteiger partial charge in [-0.15, -0.1) is 0 Å². The summed E-state index contributed by atoms with van der Waals surface area (Å²) in [6.45, 7) is 3.89. The topological polar surface area (TPSA) is 75.4 Å². The van der Waals surface area contributed by atoms with Crippen LogP contribution in [0.25, 0.3) is 11.3 Å². The van der Waals surface area contributed by atoms with Crippen LogP contribution in [0.15, 0.2) is 47.0 Å². The van der Waals surface area contributed by atoms with Crippen LogP contribution in [0, 0.1) is 13.8 Å². The predicted molar refractivity (Wildman–Crippen MR) is 122 cm³/mol. The normalized spacial score (nSPS) is 10.7. The Labute approximate surface area is 191 Å². The molecule has 0 bridgehead atoms. The Balaban J connectivity index is 1.53. The summed E-state index contributed by atoms with van der Waals surface area (Å²) < 4.78 is 5.72. The highest BCUT2D eigenvalue weighted by Crippen LogP contribution is 2.30. The monoisotopic (exact) mass is 459 g/mol. The molecule has 0 aliphatic rings. The molecule has 3 aromatic rings. The van der Waals surface area contributed by atoms with Gasteiger partial charge in [-0.25, -0.2) is 4.98 Å². The van der Waals surface area contributed by atoms with E-state index in [-0.39, 0.29) is 24.8 Å². The van der Waals surface area contributed by atoms with Crippen molar-refractivity contribution in [2.45, 2.75) is 26.7 Å². The molecule has 0 unspecified atom stereocenters. The van der Waals surface area contributed by atoms with Crippen LogP contribution in [0.4, 0.5) is 5.69 Å². The van der Waals surface area contributed by atoms with Crippen molar-refractivity contribution in [1.82, 2.24) is 9.88 Å². The molecule has 0 aliphatic heterocycles. The summed E-state index contributed by atoms with van der Waals surface area (Å²) in [5.41, 5.74) is 3.52. The molecule has 0 saturated carbocycles. The number of aromatic nitrogens is 1. The first kappa shape index (κ1) is 22.8. The second-order valence-electron chi connectivity index (χ2n) is 7.29. The van der Waals surface area contributed by atoms with Crippen LogP contribution >= 0.6 is 23.2 Å². The number of aryl methyl sites for hydroxylation is 2. The van der Waals surface area contributed by atoms with Gasteiger partial charge in [-0.3, -0.25) is 9.59 Å². The number of nitrogens with zero attached hydrogens (tertiary/aromatic N) is 2. The van der Waals surface area contributed by atoms with Gasteiger partial charge in [-0.2, -0.15) is 0 Å². The second kappa shape index (κ2) is 9.98. The van der Waals surface area contributed by atoms with Crippen molar-refractivity contribution in [2.75, 3.05) is 18.9 Å². The third-order valence-corrected chi connectivity index (χ3v) is 5.54. The lowest BCUT2D eigenvalue weighted by atomic mass is 10.1. The third kappa shape index (κ3) is 5.87. The molecule has 0 aliphatic carbocycles. The molecule has 8 heteroatoms. The lowest BCUT2D eigenvalue weighted by Gasteiger charge is -2.17. The molecule has 6 nitrogen and oxygen atoms in total. The molecule has 0 atom stereocenters. The van der Waals surface area contributed by atoms with Crippen LogP contribution < -0.4 is 5.32 Å². The maximum atomic E-state index is 12.4. The molecule has 2 aromatic carbocycles. The highest BCUT2D eigenvalue weighted by atomic mass is 35.5. The molecule has 0 fully saturated rings. The maximum absolute atomic E-state index is 12.4. The minimum atomic E-state index is -0.250. The predicted octanol–water partition coefficient (Wildman–Crippen LogP) is 5.29. The Morgan fingerprint density at radius 1 is 1.16 bits per heavy atom. The fraction of sp³-hybridized carbons (Fsp3) is 0.261. The van der Waals surface area contributed by atoms with Crippen molar-refractivity contribution in [1.29, 1.82) is 0 Å². The Bertz CT molecular complexity index is 1110. The van der Waals surface area contributed by atoms with E-state index in [4.69, 9.17) is 27.6 Å². The van der Waals surface area contributed by atoms with E-state index in [9.17, 15) is 9.59 Å². The molecule has 31 heavy (non-hydrogen) atoms. The first-order valence-corrected chi connectivity index (χ1v) is 10.5. The fourth-order valence-corrected chi connectivity index (χ4v) is 3.53. The summed E-state index contributed by atoms with van der Waals surface area (Å²) in [5.74, 6) is 0.494. The molecular weight excluding hydrogens is 437 g/mol. The summed E-state index contributed by atoms with van der Waals surface area (Å²) in [7, 11) is 1.60. The van der Waals surface area contributed by atoms with Gasteiger partial charge >= 0.3 is 0 Å². The van der Waals surface area contributed by atoms with Crippen LogP contribution in [0.2, 0.25) is 10.0 Å². The summed E-state index contributed by atoms with van der Waals surface area (Å²) in [4.78, 5) is 30.4. The zero-order chi connectivity index (χ0) is 22.5. The number of benzene rings is 2. The van der Waals surface area contributed by atoms with Gasteiger partial charge in [0.25, 0.3) is 0 Å². The van der Waals surface area contributed by atoms with Gasteiger partial charge in [-0.05, 0) is 49.2 Å². The van der Waals surface area contributed by atoms with Crippen molar-refractivity contribution in [3.63, 3.8) is 0 Å². The number of nitrogens with one attached hydrogen (secondary N) is 1. The van der Waals surface area contributed by atoms with E-state index in [1.165, 1.54) is 4.90 Å². The summed E-state index contributed by atoms with van der Waals surface area (Å²) in [6, 6.07) is 10.8. The largest absolute Gasteiger partial charge is 0.441 e. The van der Waals surface area contributed by atoms with E-state index in [1.54, 1.807) is 31.4 Å². The van der Waals surface area contributed by atoms with Gasteiger partial charge in [0.15, 0.2) is 11.7 Å². The zero-order valence-electron chi connectivity index (χ0n) is 17.5. The quantitative estimate of drug-likeness (QED) is 0.520. The molecule has 1 aromatic heterocycles. The van der Waals surface area contributed by atoms with Gasteiger partial charge < -0.3 is 14.6 Å². The average molecular weight is 460 g/mol. The number of likely N-dealkylation sites (N-methyl/N-ethyl adjacent to an activating group) is 1. The zero-order valence-corrected chi connectivity index (χ0v) is 19.0. The first-order chi connectivity index (χ1) is 14.7. The molecule has 1 heterocycles. The minimum Gasteiger partial charge on any atom is -0.441 e. The van der Waals surface area contributed by atoms with Crippen molar-refractivity contribution < 1.29 is 14.0 Å². The summed E-state index contributed by atoms with van der Waals surface area (Å²) in [6.07, 6.45) is 2.05. The number of oxazole rings is 1. The second-order valence-corrected chi connectivity index (χ2v) is 8.13. The molecule has 0 radical (unpaired) electrons. The summed E-state index contributed by atoms with van der Waals surface area (Å²) >= 11 is 12.1. The fourth-order valence-electron chi connectivity index (χ4n) is 3.02. The SMILES string of the molecule is Cc1cccc(NC(=O)CN(C)C(=O)CCc2ncc(-c3ccc(Cl)cc3Cl)o2)c1C. The van der Waals surface area contributed by atoms with Crippen LogP contribution in [-0.2, 0) is 16.0 Å². The van der Waals surface area contributed by atoms with Crippen molar-refractivity contribution in [2.24, 2.45) is 0 Å². The number of halogens is 2. The van der Waals surface area contributed by atoms with Gasteiger partial charge in [0.05, 0.1) is 17.8 Å². The molecule has 162 valence electrons. The third-order valence-electron chi connectivity index (χ3n) is 4.99. The number of carbonyl (C=O) groups is 2. The van der Waals surface area contributed by atoms with E-state index < -0.39 is 0 Å². The lowest BCUT2D eigenvalue weighted by Crippen LogP contribution is -2.35. The van der Waals surface area contributed by atoms with Gasteiger partial charge in [0.2, 0.25) is 11.8 Å². The van der Waals surface area contributed by atoms with E-state index in [1.807, 2.05) is 32.0 Å². The van der Waals surface area contributed by atoms with E-state index >= 15 is 0 Å². The number of carbonyl (C=O) groups excluding carboxylic acids is 2. The summed E-state index contributed by atoms with van der Waals surface area (Å²) in [5, 5.41) is 3.85. The minimum absolute atomic E-state index is 0.0383. The highest BCUT2D eigenvalue weighted by molar-refractivity contribution is 6.36. The van der Waals surface area contributed by atoms with E-state index in [0.29, 0.717) is 33.7 Å². The Morgan fingerprint density at radius 2 is 1.94 bits per heavy atom. The Morgan fingerprint density at radius 3 is 2.68 bits per heavy atom. The number of hydrogen-bond donors (Lipinski definition) is 1. The molecule has 2 amide bonds. The molecule has 1 N–H and O–H groups in total. The van der Waals surface area contributed by atoms with Gasteiger partial charge in [0.1, 0.15) is 0 Å². The van der Waals surface area contributed by atoms with Crippen LogP contribution in [0.5, 0.6) is 0 Å². The standard InChI is InChI=1S/C23H23Cl2N3O3/c1-14-5-4-6-19(15(14)2)27-21(29)13-28(3)23(30)10-9-22-26-12-20(31-22)17-8-7-16(24)11-18(17)25/h4-8,11-12H,9-10,13H2,1-3H3,(H,27,29). The smallest absolute Gasteiger partial charge is 0.243 e.